The van der Waals surface area contributed by atoms with Crippen molar-refractivity contribution in [3.8, 4) is 0 Å². The SMILES string of the molecule is CC(C)=C(C)N1CCOCC1. The number of nitrogens with zero attached hydrogens (tertiary/aromatic N) is 1. The Morgan fingerprint density at radius 1 is 1.09 bits per heavy atom. The van der Waals surface area contributed by atoms with Crippen molar-refractivity contribution in [1.29, 1.82) is 0 Å². The van der Waals surface area contributed by atoms with E-state index in [-0.39, 0.29) is 0 Å². The fraction of sp³-hybridized carbons (Fsp3) is 0.778. The van der Waals surface area contributed by atoms with E-state index in [9.17, 15) is 0 Å². The van der Waals surface area contributed by atoms with Gasteiger partial charge in [-0.15, -0.1) is 0 Å². The predicted octanol–water partition coefficient (Wildman–Crippen LogP) is 1.63. The Morgan fingerprint density at radius 2 is 1.64 bits per heavy atom. The van der Waals surface area contributed by atoms with E-state index in [0.717, 1.165) is 26.3 Å². The summed E-state index contributed by atoms with van der Waals surface area (Å²) in [5.41, 5.74) is 2.82. The van der Waals surface area contributed by atoms with Crippen molar-refractivity contribution in [3.63, 3.8) is 0 Å². The van der Waals surface area contributed by atoms with Crippen LogP contribution in [0.15, 0.2) is 11.3 Å². The van der Waals surface area contributed by atoms with Gasteiger partial charge in [0.15, 0.2) is 0 Å². The van der Waals surface area contributed by atoms with Crippen molar-refractivity contribution >= 4 is 0 Å². The van der Waals surface area contributed by atoms with Crippen LogP contribution in [0.25, 0.3) is 0 Å². The fourth-order valence-corrected chi connectivity index (χ4v) is 1.21. The molecule has 0 bridgehead atoms. The molecular weight excluding hydrogens is 138 g/mol. The topological polar surface area (TPSA) is 12.5 Å². The number of ether oxygens (including phenoxy) is 1. The lowest BCUT2D eigenvalue weighted by molar-refractivity contribution is 0.0532. The lowest BCUT2D eigenvalue weighted by atomic mass is 10.2. The molecule has 0 spiro atoms. The Hall–Kier alpha value is -0.500. The number of allylic oxidation sites excluding steroid dienone is 2. The number of rotatable bonds is 1. The van der Waals surface area contributed by atoms with Crippen LogP contribution in [0.3, 0.4) is 0 Å². The molecule has 2 nitrogen and oxygen atoms in total. The number of morpholine rings is 1. The third-order valence-electron chi connectivity index (χ3n) is 2.21. The van der Waals surface area contributed by atoms with E-state index in [1.54, 1.807) is 0 Å². The average molecular weight is 155 g/mol. The van der Waals surface area contributed by atoms with Crippen molar-refractivity contribution in [2.24, 2.45) is 0 Å². The molecule has 1 heterocycles. The van der Waals surface area contributed by atoms with Crippen LogP contribution in [-0.4, -0.2) is 31.2 Å². The smallest absolute Gasteiger partial charge is 0.0642 e. The molecule has 0 aromatic carbocycles. The molecule has 0 aliphatic carbocycles. The first kappa shape index (κ1) is 8.60. The standard InChI is InChI=1S/C9H17NO/c1-8(2)9(3)10-4-6-11-7-5-10/h4-7H2,1-3H3. The molecule has 0 saturated carbocycles. The summed E-state index contributed by atoms with van der Waals surface area (Å²) in [5, 5.41) is 0. The molecule has 0 atom stereocenters. The van der Waals surface area contributed by atoms with Gasteiger partial charge in [0.1, 0.15) is 0 Å². The predicted molar refractivity (Wildman–Crippen MR) is 46.4 cm³/mol. The van der Waals surface area contributed by atoms with Gasteiger partial charge in [-0.25, -0.2) is 0 Å². The van der Waals surface area contributed by atoms with Gasteiger partial charge >= 0.3 is 0 Å². The molecule has 1 aliphatic heterocycles. The third-order valence-corrected chi connectivity index (χ3v) is 2.21. The summed E-state index contributed by atoms with van der Waals surface area (Å²) in [4.78, 5) is 2.39. The van der Waals surface area contributed by atoms with E-state index in [1.807, 2.05) is 0 Å². The van der Waals surface area contributed by atoms with Crippen LogP contribution in [0.2, 0.25) is 0 Å². The minimum Gasteiger partial charge on any atom is -0.378 e. The van der Waals surface area contributed by atoms with Crippen LogP contribution in [-0.2, 0) is 4.74 Å². The van der Waals surface area contributed by atoms with E-state index >= 15 is 0 Å². The van der Waals surface area contributed by atoms with Gasteiger partial charge < -0.3 is 9.64 Å². The Morgan fingerprint density at radius 3 is 2.09 bits per heavy atom. The van der Waals surface area contributed by atoms with Gasteiger partial charge in [0.05, 0.1) is 13.2 Å². The Bertz CT molecular complexity index is 153. The minimum atomic E-state index is 0.880. The third kappa shape index (κ3) is 2.22. The van der Waals surface area contributed by atoms with Gasteiger partial charge in [0.25, 0.3) is 0 Å². The molecule has 64 valence electrons. The summed E-state index contributed by atoms with van der Waals surface area (Å²) in [7, 11) is 0. The normalized spacial score (nSPS) is 18.3. The molecular formula is C9H17NO. The van der Waals surface area contributed by atoms with Gasteiger partial charge in [-0.3, -0.25) is 0 Å². The van der Waals surface area contributed by atoms with Crippen molar-refractivity contribution < 1.29 is 4.74 Å². The van der Waals surface area contributed by atoms with Crippen molar-refractivity contribution in [2.75, 3.05) is 26.3 Å². The van der Waals surface area contributed by atoms with Crippen LogP contribution in [0, 0.1) is 0 Å². The molecule has 11 heavy (non-hydrogen) atoms. The molecule has 1 saturated heterocycles. The minimum absolute atomic E-state index is 0.880. The second-order valence-corrected chi connectivity index (χ2v) is 3.18. The molecule has 0 unspecified atom stereocenters. The second-order valence-electron chi connectivity index (χ2n) is 3.18. The zero-order chi connectivity index (χ0) is 8.27. The molecule has 0 aromatic heterocycles. The first-order chi connectivity index (χ1) is 5.22. The highest BCUT2D eigenvalue weighted by Crippen LogP contribution is 2.10. The summed E-state index contributed by atoms with van der Waals surface area (Å²) in [6, 6.07) is 0. The van der Waals surface area contributed by atoms with Crippen LogP contribution >= 0.6 is 0 Å². The van der Waals surface area contributed by atoms with Crippen LogP contribution in [0.4, 0.5) is 0 Å². The summed E-state index contributed by atoms with van der Waals surface area (Å²) in [5.74, 6) is 0. The Labute approximate surface area is 68.8 Å². The quantitative estimate of drug-likeness (QED) is 0.570. The van der Waals surface area contributed by atoms with E-state index in [0.29, 0.717) is 0 Å². The van der Waals surface area contributed by atoms with E-state index in [4.69, 9.17) is 4.74 Å². The maximum absolute atomic E-state index is 5.27. The lowest BCUT2D eigenvalue weighted by Gasteiger charge is -2.30. The second kappa shape index (κ2) is 3.77. The van der Waals surface area contributed by atoms with Crippen LogP contribution in [0.1, 0.15) is 20.8 Å². The van der Waals surface area contributed by atoms with Gasteiger partial charge in [-0.2, -0.15) is 0 Å². The molecule has 0 aromatic rings. The molecule has 1 fully saturated rings. The molecule has 2 heteroatoms. The molecule has 1 rings (SSSR count). The highest BCUT2D eigenvalue weighted by atomic mass is 16.5. The zero-order valence-electron chi connectivity index (χ0n) is 7.68. The highest BCUT2D eigenvalue weighted by molar-refractivity contribution is 5.06. The fourth-order valence-electron chi connectivity index (χ4n) is 1.21. The molecule has 1 aliphatic rings. The van der Waals surface area contributed by atoms with Gasteiger partial charge in [-0.1, -0.05) is 5.57 Å². The van der Waals surface area contributed by atoms with E-state index in [1.165, 1.54) is 11.3 Å². The summed E-state index contributed by atoms with van der Waals surface area (Å²) in [6.07, 6.45) is 0. The average Bonchev–Trinajstić information content (AvgIpc) is 2.05. The first-order valence-electron chi connectivity index (χ1n) is 4.18. The van der Waals surface area contributed by atoms with Crippen LogP contribution in [0.5, 0.6) is 0 Å². The maximum Gasteiger partial charge on any atom is 0.0642 e. The van der Waals surface area contributed by atoms with Crippen molar-refractivity contribution in [2.45, 2.75) is 20.8 Å². The highest BCUT2D eigenvalue weighted by Gasteiger charge is 2.10. The van der Waals surface area contributed by atoms with Gasteiger partial charge in [0.2, 0.25) is 0 Å². The Balaban J connectivity index is 2.52. The van der Waals surface area contributed by atoms with Gasteiger partial charge in [0, 0.05) is 18.8 Å². The first-order valence-corrected chi connectivity index (χ1v) is 4.18. The summed E-state index contributed by atoms with van der Waals surface area (Å²) < 4.78 is 5.27. The zero-order valence-corrected chi connectivity index (χ0v) is 7.68. The van der Waals surface area contributed by atoms with E-state index in [2.05, 4.69) is 25.7 Å². The molecule has 0 amide bonds. The molecule has 0 radical (unpaired) electrons. The van der Waals surface area contributed by atoms with E-state index < -0.39 is 0 Å². The maximum atomic E-state index is 5.27. The van der Waals surface area contributed by atoms with Crippen molar-refractivity contribution in [3.05, 3.63) is 11.3 Å². The number of hydrogen-bond acceptors (Lipinski definition) is 2. The monoisotopic (exact) mass is 155 g/mol. The summed E-state index contributed by atoms with van der Waals surface area (Å²) >= 11 is 0. The largest absolute Gasteiger partial charge is 0.378 e. The van der Waals surface area contributed by atoms with Crippen LogP contribution < -0.4 is 0 Å². The lowest BCUT2D eigenvalue weighted by Crippen LogP contribution is -2.35. The Kier molecular flexibility index (Phi) is 2.94. The molecule has 0 N–H and O–H groups in total. The van der Waals surface area contributed by atoms with Crippen molar-refractivity contribution in [1.82, 2.24) is 4.90 Å². The van der Waals surface area contributed by atoms with Gasteiger partial charge in [-0.05, 0) is 20.8 Å². The number of hydrogen-bond donors (Lipinski definition) is 0. The summed E-state index contributed by atoms with van der Waals surface area (Å²) in [6.45, 7) is 10.4.